The first-order valence-corrected chi connectivity index (χ1v) is 53.8. The van der Waals surface area contributed by atoms with Gasteiger partial charge in [0, 0.05) is 11.5 Å². The van der Waals surface area contributed by atoms with Crippen molar-refractivity contribution in [3.8, 4) is 0 Å². The number of carbonyl (C=O) groups excluding carboxylic acids is 1. The fourth-order valence-electron chi connectivity index (χ4n) is 24.0. The van der Waals surface area contributed by atoms with E-state index in [1.807, 2.05) is 0 Å². The second kappa shape index (κ2) is 66.9. The minimum Gasteiger partial charge on any atom is -0.748 e. The summed E-state index contributed by atoms with van der Waals surface area (Å²) in [6.45, 7) is 68.3. The molecule has 0 aliphatic heterocycles. The van der Waals surface area contributed by atoms with Crippen molar-refractivity contribution in [2.24, 2.45) is 148 Å². The van der Waals surface area contributed by atoms with E-state index < -0.39 is 21.4 Å². The van der Waals surface area contributed by atoms with Crippen LogP contribution in [0.2, 0.25) is 0 Å². The highest BCUT2D eigenvalue weighted by molar-refractivity contribution is 7.85. The molecule has 5 nitrogen and oxygen atoms in total. The van der Waals surface area contributed by atoms with Crippen molar-refractivity contribution in [1.29, 1.82) is 0 Å². The quantitative estimate of drug-likeness (QED) is 0.0615. The molecule has 113 heavy (non-hydrogen) atoms. The van der Waals surface area contributed by atoms with Crippen LogP contribution in [0.5, 0.6) is 0 Å². The van der Waals surface area contributed by atoms with Gasteiger partial charge in [-0.1, -0.05) is 347 Å². The van der Waals surface area contributed by atoms with Crippen LogP contribution < -0.4 is 5.32 Å². The second-order valence-electron chi connectivity index (χ2n) is 41.2. The number of nitrogens with one attached hydrogen (secondary N) is 1. The van der Waals surface area contributed by atoms with Crippen molar-refractivity contribution >= 4 is 16.0 Å². The standard InChI is InChI=1S/C107H215NO4S/c1-29-55-92(52-24)67-93(53-25)68-99(66-91(50-22)51-23)74-102(73-98(64-89(46-18)47-19)65-90(48-20)49-21)77-104(79-105(54-26)106(109)108-107(27,28)80-113(110,111)112)78-103(75-100(69-94(56-81(30-2)31-3)57-82(32-4)33-5)70-95(58-83(34-6)35-7)59-84(36-8)37-9)76-101(71-96(60-85(38-10)39-11)61-86(40-12)41-13)72-97(62-87(42-14)43-15)63-88(44-16)45-17/h81-105H,29-80H2,1-28H3,(H,108,109)(H,110,111,112)/p-1. The molecule has 0 rings (SSSR count). The molecule has 678 valence electrons. The summed E-state index contributed by atoms with van der Waals surface area (Å²) >= 11 is 0. The molecule has 0 aromatic rings. The lowest BCUT2D eigenvalue weighted by atomic mass is 9.67. The Labute approximate surface area is 715 Å². The maximum atomic E-state index is 15.7. The fraction of sp³-hybridized carbons (Fsp3) is 0.991. The van der Waals surface area contributed by atoms with Gasteiger partial charge in [0.1, 0.15) is 0 Å². The van der Waals surface area contributed by atoms with Gasteiger partial charge in [0.25, 0.3) is 0 Å². The van der Waals surface area contributed by atoms with Crippen LogP contribution >= 0.6 is 0 Å². The number of rotatable bonds is 79. The van der Waals surface area contributed by atoms with Gasteiger partial charge in [-0.2, -0.15) is 0 Å². The minimum absolute atomic E-state index is 0.0297. The van der Waals surface area contributed by atoms with Crippen molar-refractivity contribution in [3.63, 3.8) is 0 Å². The predicted octanol–water partition coefficient (Wildman–Crippen LogP) is 35.2. The maximum Gasteiger partial charge on any atom is 0.223 e. The van der Waals surface area contributed by atoms with E-state index in [-0.39, 0.29) is 11.8 Å². The molecule has 6 atom stereocenters. The van der Waals surface area contributed by atoms with Crippen LogP contribution in [0.25, 0.3) is 0 Å². The lowest BCUT2D eigenvalue weighted by molar-refractivity contribution is -0.127. The summed E-state index contributed by atoms with van der Waals surface area (Å²) in [5.74, 6) is 16.0. The Kier molecular flexibility index (Phi) is 66.6. The molecule has 0 radical (unpaired) electrons. The van der Waals surface area contributed by atoms with Gasteiger partial charge in [0.15, 0.2) is 0 Å². The molecule has 0 aromatic heterocycles. The monoisotopic (exact) mass is 1610 g/mol. The van der Waals surface area contributed by atoms with Gasteiger partial charge < -0.3 is 9.87 Å². The molecule has 0 spiro atoms. The van der Waals surface area contributed by atoms with Crippen molar-refractivity contribution in [2.75, 3.05) is 5.75 Å². The first kappa shape index (κ1) is 112. The highest BCUT2D eigenvalue weighted by Gasteiger charge is 2.38. The zero-order valence-corrected chi connectivity index (χ0v) is 83.6. The van der Waals surface area contributed by atoms with Gasteiger partial charge in [-0.3, -0.25) is 4.79 Å². The Morgan fingerprint density at radius 2 is 0.363 bits per heavy atom. The van der Waals surface area contributed by atoms with Crippen molar-refractivity contribution < 1.29 is 17.8 Å². The third-order valence-corrected chi connectivity index (χ3v) is 33.4. The highest BCUT2D eigenvalue weighted by atomic mass is 32.2. The molecule has 6 heteroatoms. The van der Waals surface area contributed by atoms with Gasteiger partial charge in [-0.05, 0) is 316 Å². The summed E-state index contributed by atoms with van der Waals surface area (Å²) in [6.07, 6.45) is 65.8. The number of carbonyl (C=O) groups is 1. The van der Waals surface area contributed by atoms with Gasteiger partial charge in [0.2, 0.25) is 5.91 Å². The van der Waals surface area contributed by atoms with E-state index in [4.69, 9.17) is 0 Å². The Balaban J connectivity index is 10.6. The zero-order valence-electron chi connectivity index (χ0n) is 82.7. The molecule has 1 N–H and O–H groups in total. The van der Waals surface area contributed by atoms with Gasteiger partial charge in [-0.15, -0.1) is 0 Å². The summed E-state index contributed by atoms with van der Waals surface area (Å²) in [4.78, 5) is 15.7. The van der Waals surface area contributed by atoms with E-state index in [1.165, 1.54) is 315 Å². The number of hydrogen-bond acceptors (Lipinski definition) is 4. The van der Waals surface area contributed by atoms with Crippen LogP contribution in [-0.4, -0.2) is 30.2 Å². The number of hydrogen-bond donors (Lipinski definition) is 1. The predicted molar refractivity (Wildman–Crippen MR) is 507 cm³/mol. The Bertz CT molecular complexity index is 2010. The molecule has 0 fully saturated rings. The van der Waals surface area contributed by atoms with Crippen LogP contribution in [0.3, 0.4) is 0 Å². The van der Waals surface area contributed by atoms with E-state index >= 15 is 4.79 Å². The van der Waals surface area contributed by atoms with Crippen LogP contribution in [0, 0.1) is 148 Å². The summed E-state index contributed by atoms with van der Waals surface area (Å²) in [5, 5.41) is 3.33. The highest BCUT2D eigenvalue weighted by Crippen LogP contribution is 2.49. The van der Waals surface area contributed by atoms with Crippen LogP contribution in [0.15, 0.2) is 0 Å². The molecular formula is C107H214NO4S-. The molecule has 1 amide bonds. The van der Waals surface area contributed by atoms with E-state index in [0.717, 1.165) is 107 Å². The smallest absolute Gasteiger partial charge is 0.223 e. The molecule has 6 unspecified atom stereocenters. The van der Waals surface area contributed by atoms with Gasteiger partial charge >= 0.3 is 0 Å². The lowest BCUT2D eigenvalue weighted by Gasteiger charge is -2.39. The summed E-state index contributed by atoms with van der Waals surface area (Å²) in [5.41, 5.74) is -1.17. The van der Waals surface area contributed by atoms with Gasteiger partial charge in [0.05, 0.1) is 15.9 Å². The average Bonchev–Trinajstić information content (AvgIpc) is 0.844. The SMILES string of the molecule is CCCC(CC)CC(CC)CC(CC(CC)CC)CC(CC(CC(CC)CC)CC(CC)CC)CC(CC(CC(CC(CC(CC)CC)CC(CC)CC)CC(CC(CC)CC)CC(CC)CC)CC(CC(CC(CC)CC)CC(CC)CC)CC(CC(CC)CC)CC(CC)CC)CC(CC)C(=O)NC(C)(C)CS(=O)(=O)[O-]. The van der Waals surface area contributed by atoms with Gasteiger partial charge in [-0.25, -0.2) is 8.42 Å². The lowest BCUT2D eigenvalue weighted by Crippen LogP contribution is -2.50. The van der Waals surface area contributed by atoms with Crippen molar-refractivity contribution in [3.05, 3.63) is 0 Å². The molecule has 0 saturated carbocycles. The number of amides is 1. The normalized spacial score (nSPS) is 14.8. The molecule has 0 saturated heterocycles. The summed E-state index contributed by atoms with van der Waals surface area (Å²) in [7, 11) is -4.60. The zero-order chi connectivity index (χ0) is 85.5. The van der Waals surface area contributed by atoms with Crippen LogP contribution in [0.1, 0.15) is 521 Å². The van der Waals surface area contributed by atoms with E-state index in [1.54, 1.807) is 13.8 Å². The largest absolute Gasteiger partial charge is 0.748 e. The second-order valence-corrected chi connectivity index (χ2v) is 42.6. The molecule has 0 bridgehead atoms. The fourth-order valence-corrected chi connectivity index (χ4v) is 24.9. The van der Waals surface area contributed by atoms with Crippen molar-refractivity contribution in [2.45, 2.75) is 527 Å². The molecule has 0 aromatic carbocycles. The van der Waals surface area contributed by atoms with E-state index in [9.17, 15) is 13.0 Å². The summed E-state index contributed by atoms with van der Waals surface area (Å²) < 4.78 is 38.3. The Hall–Kier alpha value is -0.620. The van der Waals surface area contributed by atoms with E-state index in [2.05, 4.69) is 185 Å². The molecule has 0 heterocycles. The first-order valence-electron chi connectivity index (χ1n) is 52.2. The third kappa shape index (κ3) is 49.9. The molecule has 0 aliphatic rings. The average molecular weight is 1610 g/mol. The maximum absolute atomic E-state index is 15.7. The first-order chi connectivity index (χ1) is 54.0. The van der Waals surface area contributed by atoms with E-state index in [0.29, 0.717) is 47.8 Å². The minimum atomic E-state index is -4.60. The summed E-state index contributed by atoms with van der Waals surface area (Å²) in [6, 6.07) is 0. The molecule has 0 aliphatic carbocycles. The van der Waals surface area contributed by atoms with Crippen molar-refractivity contribution in [1.82, 2.24) is 5.32 Å². The van der Waals surface area contributed by atoms with Crippen LogP contribution in [0.4, 0.5) is 0 Å². The Morgan fingerprint density at radius 1 is 0.221 bits per heavy atom. The third-order valence-electron chi connectivity index (χ3n) is 32.4. The van der Waals surface area contributed by atoms with Crippen LogP contribution in [-0.2, 0) is 14.9 Å². The Morgan fingerprint density at radius 3 is 0.504 bits per heavy atom. The topological polar surface area (TPSA) is 86.3 Å². The molecular weight excluding hydrogens is 1400 g/mol.